The van der Waals surface area contributed by atoms with Gasteiger partial charge in [0.2, 0.25) is 0 Å². The largest absolute Gasteiger partial charge is 0.380 e. The van der Waals surface area contributed by atoms with E-state index in [4.69, 9.17) is 9.47 Å². The summed E-state index contributed by atoms with van der Waals surface area (Å²) in [6, 6.07) is 0. The van der Waals surface area contributed by atoms with Gasteiger partial charge in [0.25, 0.3) is 0 Å². The van der Waals surface area contributed by atoms with E-state index >= 15 is 0 Å². The van der Waals surface area contributed by atoms with Gasteiger partial charge in [-0.05, 0) is 33.6 Å². The van der Waals surface area contributed by atoms with Crippen LogP contribution in [0.4, 0.5) is 0 Å². The van der Waals surface area contributed by atoms with Gasteiger partial charge in [0.1, 0.15) is 0 Å². The second-order valence-corrected chi connectivity index (χ2v) is 4.72. The average Bonchev–Trinajstić information content (AvgIpc) is 2.79. The Balaban J connectivity index is 0.00000324. The van der Waals surface area contributed by atoms with Gasteiger partial charge in [0, 0.05) is 26.3 Å². The Morgan fingerprint density at radius 3 is 2.74 bits per heavy atom. The first-order valence-electron chi connectivity index (χ1n) is 6.94. The minimum atomic E-state index is -0.0811. The zero-order chi connectivity index (χ0) is 13.3. The van der Waals surface area contributed by atoms with Crippen LogP contribution in [0.25, 0.3) is 0 Å². The van der Waals surface area contributed by atoms with Crippen LogP contribution in [0.1, 0.15) is 33.6 Å². The van der Waals surface area contributed by atoms with Crippen LogP contribution in [0.3, 0.4) is 0 Å². The summed E-state index contributed by atoms with van der Waals surface area (Å²) < 4.78 is 11.0. The van der Waals surface area contributed by atoms with E-state index in [-0.39, 0.29) is 29.6 Å². The zero-order valence-corrected chi connectivity index (χ0v) is 14.7. The molecule has 0 radical (unpaired) electrons. The van der Waals surface area contributed by atoms with Crippen molar-refractivity contribution in [2.24, 2.45) is 4.99 Å². The first-order chi connectivity index (χ1) is 8.70. The highest BCUT2D eigenvalue weighted by Gasteiger charge is 2.29. The monoisotopic (exact) mass is 385 g/mol. The van der Waals surface area contributed by atoms with Gasteiger partial charge in [-0.1, -0.05) is 0 Å². The van der Waals surface area contributed by atoms with Crippen molar-refractivity contribution in [2.45, 2.75) is 39.2 Å². The summed E-state index contributed by atoms with van der Waals surface area (Å²) in [6.07, 6.45) is 2.23. The molecule has 114 valence electrons. The molecule has 2 N–H and O–H groups in total. The summed E-state index contributed by atoms with van der Waals surface area (Å²) in [5.74, 6) is 0.842. The standard InChI is InChI=1S/C13H27N3O2.HI/c1-4-14-12(15-8-10-17-5-2)16-11-13(3)7-6-9-18-13;/h4-11H2,1-3H3,(H2,14,15,16);1H. The molecule has 1 saturated heterocycles. The summed E-state index contributed by atoms with van der Waals surface area (Å²) in [7, 11) is 0. The first kappa shape index (κ1) is 18.9. The number of hydrogen-bond donors (Lipinski definition) is 2. The molecular formula is C13H28IN3O2. The van der Waals surface area contributed by atoms with Gasteiger partial charge in [-0.15, -0.1) is 24.0 Å². The van der Waals surface area contributed by atoms with Crippen molar-refractivity contribution in [1.82, 2.24) is 10.6 Å². The third-order valence-electron chi connectivity index (χ3n) is 2.96. The predicted octanol–water partition coefficient (Wildman–Crippen LogP) is 1.77. The maximum Gasteiger partial charge on any atom is 0.191 e. The molecule has 1 aliphatic heterocycles. The molecule has 1 fully saturated rings. The first-order valence-corrected chi connectivity index (χ1v) is 6.94. The van der Waals surface area contributed by atoms with Crippen LogP contribution in [-0.4, -0.2) is 51.0 Å². The van der Waals surface area contributed by atoms with Gasteiger partial charge in [-0.2, -0.15) is 0 Å². The smallest absolute Gasteiger partial charge is 0.191 e. The number of ether oxygens (including phenoxy) is 2. The number of halogens is 1. The third kappa shape index (κ3) is 7.94. The van der Waals surface area contributed by atoms with Crippen molar-refractivity contribution in [1.29, 1.82) is 0 Å². The lowest BCUT2D eigenvalue weighted by Crippen LogP contribution is -2.40. The highest BCUT2D eigenvalue weighted by Crippen LogP contribution is 2.24. The van der Waals surface area contributed by atoms with Gasteiger partial charge in [0.05, 0.1) is 18.8 Å². The summed E-state index contributed by atoms with van der Waals surface area (Å²) >= 11 is 0. The van der Waals surface area contributed by atoms with E-state index in [1.165, 1.54) is 0 Å². The molecule has 1 rings (SSSR count). The maximum absolute atomic E-state index is 5.72. The normalized spacial score (nSPS) is 23.0. The van der Waals surface area contributed by atoms with E-state index in [0.29, 0.717) is 13.2 Å². The van der Waals surface area contributed by atoms with Crippen LogP contribution in [-0.2, 0) is 9.47 Å². The third-order valence-corrected chi connectivity index (χ3v) is 2.96. The van der Waals surface area contributed by atoms with Gasteiger partial charge in [-0.25, -0.2) is 0 Å². The lowest BCUT2D eigenvalue weighted by Gasteiger charge is -2.21. The summed E-state index contributed by atoms with van der Waals surface area (Å²) in [6.45, 7) is 10.8. The number of hydrogen-bond acceptors (Lipinski definition) is 3. The molecule has 1 unspecified atom stereocenters. The fraction of sp³-hybridized carbons (Fsp3) is 0.923. The molecule has 0 aromatic carbocycles. The molecule has 0 saturated carbocycles. The molecule has 0 spiro atoms. The molecule has 1 heterocycles. The van der Waals surface area contributed by atoms with E-state index in [9.17, 15) is 0 Å². The average molecular weight is 385 g/mol. The van der Waals surface area contributed by atoms with Gasteiger partial charge in [0.15, 0.2) is 5.96 Å². The fourth-order valence-electron chi connectivity index (χ4n) is 1.94. The molecule has 5 nitrogen and oxygen atoms in total. The molecule has 0 bridgehead atoms. The lowest BCUT2D eigenvalue weighted by atomic mass is 10.0. The number of nitrogens with zero attached hydrogens (tertiary/aromatic N) is 1. The Labute approximate surface area is 133 Å². The maximum atomic E-state index is 5.72. The number of aliphatic imine (C=N–C) groups is 1. The second kappa shape index (κ2) is 10.7. The van der Waals surface area contributed by atoms with E-state index in [0.717, 1.165) is 45.1 Å². The van der Waals surface area contributed by atoms with Gasteiger partial charge < -0.3 is 20.1 Å². The van der Waals surface area contributed by atoms with Crippen LogP contribution in [0.2, 0.25) is 0 Å². The van der Waals surface area contributed by atoms with Crippen molar-refractivity contribution >= 4 is 29.9 Å². The molecule has 1 aliphatic rings. The Bertz CT molecular complexity index is 256. The van der Waals surface area contributed by atoms with E-state index < -0.39 is 0 Å². The molecule has 0 aromatic rings. The highest BCUT2D eigenvalue weighted by atomic mass is 127. The Morgan fingerprint density at radius 1 is 1.37 bits per heavy atom. The van der Waals surface area contributed by atoms with Gasteiger partial charge in [-0.3, -0.25) is 4.99 Å². The minimum absolute atomic E-state index is 0. The number of rotatable bonds is 7. The molecule has 0 aliphatic carbocycles. The Morgan fingerprint density at radius 2 is 2.16 bits per heavy atom. The predicted molar refractivity (Wildman–Crippen MR) is 89.5 cm³/mol. The van der Waals surface area contributed by atoms with Crippen LogP contribution >= 0.6 is 24.0 Å². The summed E-state index contributed by atoms with van der Waals surface area (Å²) in [5.41, 5.74) is -0.0811. The van der Waals surface area contributed by atoms with E-state index in [1.807, 2.05) is 6.92 Å². The zero-order valence-electron chi connectivity index (χ0n) is 12.3. The molecule has 1 atom stereocenters. The molecule has 19 heavy (non-hydrogen) atoms. The summed E-state index contributed by atoms with van der Waals surface area (Å²) in [5, 5.41) is 6.48. The van der Waals surface area contributed by atoms with Crippen LogP contribution < -0.4 is 10.6 Å². The van der Waals surface area contributed by atoms with Crippen LogP contribution in [0.5, 0.6) is 0 Å². The van der Waals surface area contributed by atoms with Crippen molar-refractivity contribution in [3.63, 3.8) is 0 Å². The number of nitrogens with one attached hydrogen (secondary N) is 2. The molecule has 0 aromatic heterocycles. The fourth-order valence-corrected chi connectivity index (χ4v) is 1.94. The van der Waals surface area contributed by atoms with Crippen LogP contribution in [0.15, 0.2) is 4.99 Å². The van der Waals surface area contributed by atoms with Crippen LogP contribution in [0, 0.1) is 0 Å². The SMILES string of the molecule is CCNC(=NCC1(C)CCCO1)NCCOCC.I. The number of guanidine groups is 1. The minimum Gasteiger partial charge on any atom is -0.380 e. The van der Waals surface area contributed by atoms with Crippen molar-refractivity contribution in [2.75, 3.05) is 39.5 Å². The second-order valence-electron chi connectivity index (χ2n) is 4.72. The lowest BCUT2D eigenvalue weighted by molar-refractivity contribution is 0.0283. The Hall–Kier alpha value is -0.0800. The van der Waals surface area contributed by atoms with Crippen molar-refractivity contribution in [3.05, 3.63) is 0 Å². The molecule has 6 heteroatoms. The highest BCUT2D eigenvalue weighted by molar-refractivity contribution is 14.0. The van der Waals surface area contributed by atoms with Gasteiger partial charge >= 0.3 is 0 Å². The van der Waals surface area contributed by atoms with E-state index in [2.05, 4.69) is 29.5 Å². The van der Waals surface area contributed by atoms with E-state index in [1.54, 1.807) is 0 Å². The summed E-state index contributed by atoms with van der Waals surface area (Å²) in [4.78, 5) is 4.58. The van der Waals surface area contributed by atoms with Crippen molar-refractivity contribution < 1.29 is 9.47 Å². The van der Waals surface area contributed by atoms with Crippen molar-refractivity contribution in [3.8, 4) is 0 Å². The topological polar surface area (TPSA) is 54.9 Å². The quantitative estimate of drug-likeness (QED) is 0.304. The molecule has 0 amide bonds. The Kier molecular flexibility index (Phi) is 10.6. The molecular weight excluding hydrogens is 357 g/mol.